The summed E-state index contributed by atoms with van der Waals surface area (Å²) >= 11 is 0. The Labute approximate surface area is 80.1 Å². The first-order valence-corrected chi connectivity index (χ1v) is 4.36. The second-order valence-electron chi connectivity index (χ2n) is 2.97. The molecule has 0 aliphatic heterocycles. The minimum absolute atomic E-state index is 0.369. The summed E-state index contributed by atoms with van der Waals surface area (Å²) in [6, 6.07) is 2.96. The highest BCUT2D eigenvalue weighted by atomic mass is 19.4. The highest BCUT2D eigenvalue weighted by Crippen LogP contribution is 2.19. The molecule has 2 nitrogen and oxygen atoms in total. The van der Waals surface area contributed by atoms with Crippen LogP contribution in [0, 0.1) is 0 Å². The second kappa shape index (κ2) is 4.50. The van der Waals surface area contributed by atoms with Gasteiger partial charge >= 0.3 is 6.18 Å². The fourth-order valence-corrected chi connectivity index (χ4v) is 1.17. The van der Waals surface area contributed by atoms with E-state index >= 15 is 0 Å². The lowest BCUT2D eigenvalue weighted by Crippen LogP contribution is -2.31. The molecule has 1 aromatic rings. The van der Waals surface area contributed by atoms with Crippen LogP contribution < -0.4 is 5.32 Å². The van der Waals surface area contributed by atoms with Gasteiger partial charge < -0.3 is 4.42 Å². The Hall–Kier alpha value is -0.970. The van der Waals surface area contributed by atoms with Gasteiger partial charge in [0.05, 0.1) is 18.8 Å². The Kier molecular flexibility index (Phi) is 3.57. The van der Waals surface area contributed by atoms with E-state index in [1.165, 1.54) is 6.26 Å². The number of rotatable bonds is 4. The van der Waals surface area contributed by atoms with Crippen LogP contribution in [0.15, 0.2) is 22.8 Å². The minimum Gasteiger partial charge on any atom is -0.468 e. The van der Waals surface area contributed by atoms with Gasteiger partial charge in [-0.2, -0.15) is 13.2 Å². The van der Waals surface area contributed by atoms with Crippen LogP contribution >= 0.6 is 0 Å². The van der Waals surface area contributed by atoms with Gasteiger partial charge in [-0.1, -0.05) is 6.92 Å². The standard InChI is InChI=1S/C9H12F3NO/c1-2-7(8-4-3-5-14-8)13-6-9(10,11)12/h3-5,7,13H,2,6H2,1H3. The van der Waals surface area contributed by atoms with E-state index in [4.69, 9.17) is 4.42 Å². The van der Waals surface area contributed by atoms with Crippen LogP contribution in [-0.2, 0) is 0 Å². The van der Waals surface area contributed by atoms with Gasteiger partial charge in [0.2, 0.25) is 0 Å². The molecule has 80 valence electrons. The van der Waals surface area contributed by atoms with Crippen LogP contribution in [-0.4, -0.2) is 12.7 Å². The molecule has 0 aromatic carbocycles. The molecule has 1 N–H and O–H groups in total. The molecule has 5 heteroatoms. The summed E-state index contributed by atoms with van der Waals surface area (Å²) in [6.45, 7) is 0.808. The Bertz CT molecular complexity index is 256. The van der Waals surface area contributed by atoms with E-state index in [9.17, 15) is 13.2 Å². The molecule has 0 aliphatic carbocycles. The summed E-state index contributed by atoms with van der Waals surface area (Å²) in [7, 11) is 0. The fourth-order valence-electron chi connectivity index (χ4n) is 1.17. The quantitative estimate of drug-likeness (QED) is 0.821. The fraction of sp³-hybridized carbons (Fsp3) is 0.556. The topological polar surface area (TPSA) is 25.2 Å². The lowest BCUT2D eigenvalue weighted by atomic mass is 10.2. The Morgan fingerprint density at radius 2 is 2.21 bits per heavy atom. The maximum Gasteiger partial charge on any atom is 0.401 e. The lowest BCUT2D eigenvalue weighted by molar-refractivity contribution is -0.126. The number of hydrogen-bond acceptors (Lipinski definition) is 2. The van der Waals surface area contributed by atoms with Gasteiger partial charge in [0.1, 0.15) is 5.76 Å². The van der Waals surface area contributed by atoms with Gasteiger partial charge in [0.15, 0.2) is 0 Å². The third-order valence-corrected chi connectivity index (χ3v) is 1.84. The van der Waals surface area contributed by atoms with Crippen molar-refractivity contribution >= 4 is 0 Å². The molecule has 14 heavy (non-hydrogen) atoms. The number of alkyl halides is 3. The maximum atomic E-state index is 11.9. The first-order chi connectivity index (χ1) is 6.53. The van der Waals surface area contributed by atoms with Gasteiger partial charge in [-0.15, -0.1) is 0 Å². The molecule has 0 bridgehead atoms. The van der Waals surface area contributed by atoms with Crippen LogP contribution in [0.2, 0.25) is 0 Å². The van der Waals surface area contributed by atoms with Crippen molar-refractivity contribution in [2.24, 2.45) is 0 Å². The van der Waals surface area contributed by atoms with Crippen LogP contribution in [0.25, 0.3) is 0 Å². The van der Waals surface area contributed by atoms with E-state index in [0.717, 1.165) is 0 Å². The molecule has 0 amide bonds. The van der Waals surface area contributed by atoms with E-state index in [1.54, 1.807) is 19.1 Å². The molecule has 0 radical (unpaired) electrons. The predicted octanol–water partition coefficient (Wildman–Crippen LogP) is 2.88. The molecule has 1 atom stereocenters. The van der Waals surface area contributed by atoms with Crippen LogP contribution in [0.5, 0.6) is 0 Å². The molecule has 1 unspecified atom stereocenters. The average molecular weight is 207 g/mol. The maximum absolute atomic E-state index is 11.9. The molecule has 1 rings (SSSR count). The van der Waals surface area contributed by atoms with Gasteiger partial charge in [-0.25, -0.2) is 0 Å². The lowest BCUT2D eigenvalue weighted by Gasteiger charge is -2.15. The predicted molar refractivity (Wildman–Crippen MR) is 45.8 cm³/mol. The molecule has 1 heterocycles. The Morgan fingerprint density at radius 3 is 2.64 bits per heavy atom. The van der Waals surface area contributed by atoms with Crippen molar-refractivity contribution in [3.63, 3.8) is 0 Å². The third kappa shape index (κ3) is 3.41. The second-order valence-corrected chi connectivity index (χ2v) is 2.97. The summed E-state index contributed by atoms with van der Waals surface area (Å²) in [5, 5.41) is 2.39. The van der Waals surface area contributed by atoms with E-state index < -0.39 is 12.7 Å². The first kappa shape index (κ1) is 11.1. The first-order valence-electron chi connectivity index (χ1n) is 4.36. The number of halogens is 3. The molecule has 0 saturated heterocycles. The molecular formula is C9H12F3NO. The zero-order chi connectivity index (χ0) is 10.6. The highest BCUT2D eigenvalue weighted by Gasteiger charge is 2.28. The van der Waals surface area contributed by atoms with Crippen LogP contribution in [0.3, 0.4) is 0 Å². The molecule has 1 aromatic heterocycles. The van der Waals surface area contributed by atoms with E-state index in [-0.39, 0.29) is 6.04 Å². The zero-order valence-corrected chi connectivity index (χ0v) is 7.77. The summed E-state index contributed by atoms with van der Waals surface area (Å²) < 4.78 is 40.7. The van der Waals surface area contributed by atoms with Crippen molar-refractivity contribution in [2.45, 2.75) is 25.6 Å². The minimum atomic E-state index is -4.18. The monoisotopic (exact) mass is 207 g/mol. The largest absolute Gasteiger partial charge is 0.468 e. The van der Waals surface area contributed by atoms with Gasteiger partial charge in [-0.05, 0) is 18.6 Å². The van der Waals surface area contributed by atoms with E-state index in [2.05, 4.69) is 5.32 Å². The average Bonchev–Trinajstić information content (AvgIpc) is 2.56. The number of nitrogens with one attached hydrogen (secondary N) is 1. The molecule has 0 saturated carbocycles. The van der Waals surface area contributed by atoms with Crippen LogP contribution in [0.4, 0.5) is 13.2 Å². The SMILES string of the molecule is CCC(NCC(F)(F)F)c1ccco1. The summed E-state index contributed by atoms with van der Waals surface area (Å²) in [5.41, 5.74) is 0. The summed E-state index contributed by atoms with van der Waals surface area (Å²) in [5.74, 6) is 0.539. The highest BCUT2D eigenvalue weighted by molar-refractivity contribution is 5.03. The van der Waals surface area contributed by atoms with Crippen molar-refractivity contribution in [3.8, 4) is 0 Å². The van der Waals surface area contributed by atoms with Crippen molar-refractivity contribution in [1.29, 1.82) is 0 Å². The molecule has 0 spiro atoms. The molecular weight excluding hydrogens is 195 g/mol. The smallest absolute Gasteiger partial charge is 0.401 e. The molecule has 0 aliphatic rings. The van der Waals surface area contributed by atoms with Crippen molar-refractivity contribution < 1.29 is 17.6 Å². The molecule has 0 fully saturated rings. The number of furan rings is 1. The Balaban J connectivity index is 2.49. The van der Waals surface area contributed by atoms with E-state index in [1.807, 2.05) is 0 Å². The van der Waals surface area contributed by atoms with Crippen LogP contribution in [0.1, 0.15) is 25.1 Å². The summed E-state index contributed by atoms with van der Waals surface area (Å²) in [6.07, 6.45) is -2.17. The van der Waals surface area contributed by atoms with Gasteiger partial charge in [0, 0.05) is 0 Å². The third-order valence-electron chi connectivity index (χ3n) is 1.84. The van der Waals surface area contributed by atoms with Gasteiger partial charge in [0.25, 0.3) is 0 Å². The van der Waals surface area contributed by atoms with Gasteiger partial charge in [-0.3, -0.25) is 5.32 Å². The zero-order valence-electron chi connectivity index (χ0n) is 7.77. The summed E-state index contributed by atoms with van der Waals surface area (Å²) in [4.78, 5) is 0. The normalized spacial score (nSPS) is 14.3. The van der Waals surface area contributed by atoms with Crippen molar-refractivity contribution in [1.82, 2.24) is 5.32 Å². The Morgan fingerprint density at radius 1 is 1.50 bits per heavy atom. The van der Waals surface area contributed by atoms with Crippen molar-refractivity contribution in [3.05, 3.63) is 24.2 Å². The number of hydrogen-bond donors (Lipinski definition) is 1. The van der Waals surface area contributed by atoms with Crippen molar-refractivity contribution in [2.75, 3.05) is 6.54 Å². The van der Waals surface area contributed by atoms with E-state index in [0.29, 0.717) is 12.2 Å².